The first-order valence-corrected chi connectivity index (χ1v) is 11.2. The molecule has 0 saturated carbocycles. The molecule has 0 bridgehead atoms. The Labute approximate surface area is 204 Å². The van der Waals surface area contributed by atoms with Gasteiger partial charge >= 0.3 is 0 Å². The molecule has 0 amide bonds. The SMILES string of the molecule is Cc1ccc(-c2nc(NCc3ccc(N(C)C)cc3)n(C(=O)COc3ccc(Cl)cc3)n2)cc1. The first kappa shape index (κ1) is 23.3. The highest BCUT2D eigenvalue weighted by atomic mass is 35.5. The Hall–Kier alpha value is -3.84. The van der Waals surface area contributed by atoms with Gasteiger partial charge in [0.2, 0.25) is 5.95 Å². The van der Waals surface area contributed by atoms with Crippen molar-refractivity contribution in [2.45, 2.75) is 13.5 Å². The van der Waals surface area contributed by atoms with E-state index in [0.29, 0.717) is 29.1 Å². The van der Waals surface area contributed by atoms with Crippen LogP contribution in [0.2, 0.25) is 5.02 Å². The van der Waals surface area contributed by atoms with Gasteiger partial charge in [-0.2, -0.15) is 9.67 Å². The third kappa shape index (κ3) is 5.74. The molecule has 1 N–H and O–H groups in total. The van der Waals surface area contributed by atoms with Gasteiger partial charge < -0.3 is 15.0 Å². The van der Waals surface area contributed by atoms with Crippen LogP contribution < -0.4 is 15.0 Å². The van der Waals surface area contributed by atoms with Crippen molar-refractivity contribution in [2.24, 2.45) is 0 Å². The van der Waals surface area contributed by atoms with Crippen molar-refractivity contribution in [3.05, 3.63) is 88.9 Å². The van der Waals surface area contributed by atoms with Gasteiger partial charge in [-0.1, -0.05) is 53.6 Å². The summed E-state index contributed by atoms with van der Waals surface area (Å²) in [5.41, 5.74) is 4.13. The number of aryl methyl sites for hydroxylation is 1. The van der Waals surface area contributed by atoms with E-state index in [-0.39, 0.29) is 12.5 Å². The number of halogens is 1. The Morgan fingerprint density at radius 2 is 1.68 bits per heavy atom. The minimum Gasteiger partial charge on any atom is -0.484 e. The van der Waals surface area contributed by atoms with Crippen molar-refractivity contribution in [3.63, 3.8) is 0 Å². The fourth-order valence-corrected chi connectivity index (χ4v) is 3.38. The second-order valence-corrected chi connectivity index (χ2v) is 8.52. The summed E-state index contributed by atoms with van der Waals surface area (Å²) in [6, 6.07) is 22.9. The average Bonchev–Trinajstić information content (AvgIpc) is 3.27. The van der Waals surface area contributed by atoms with E-state index in [1.165, 1.54) is 4.68 Å². The van der Waals surface area contributed by atoms with Gasteiger partial charge in [-0.25, -0.2) is 0 Å². The molecule has 4 aromatic rings. The van der Waals surface area contributed by atoms with Crippen molar-refractivity contribution in [1.82, 2.24) is 14.8 Å². The summed E-state index contributed by atoms with van der Waals surface area (Å²) in [5.74, 6) is 1.03. The topological polar surface area (TPSA) is 72.3 Å². The fraction of sp³-hybridized carbons (Fsp3) is 0.192. The van der Waals surface area contributed by atoms with Crippen LogP contribution >= 0.6 is 11.6 Å². The maximum Gasteiger partial charge on any atom is 0.287 e. The summed E-state index contributed by atoms with van der Waals surface area (Å²) in [6.45, 7) is 2.32. The number of hydrogen-bond donors (Lipinski definition) is 1. The molecule has 0 radical (unpaired) electrons. The van der Waals surface area contributed by atoms with Crippen LogP contribution in [0.3, 0.4) is 0 Å². The van der Waals surface area contributed by atoms with Crippen LogP contribution in [0.15, 0.2) is 72.8 Å². The number of ether oxygens (including phenoxy) is 1. The number of anilines is 2. The monoisotopic (exact) mass is 475 g/mol. The van der Waals surface area contributed by atoms with Gasteiger partial charge in [-0.3, -0.25) is 4.79 Å². The Morgan fingerprint density at radius 1 is 1.00 bits per heavy atom. The summed E-state index contributed by atoms with van der Waals surface area (Å²) in [5, 5.41) is 8.32. The molecule has 7 nitrogen and oxygen atoms in total. The number of hydrogen-bond acceptors (Lipinski definition) is 6. The summed E-state index contributed by atoms with van der Waals surface area (Å²) in [7, 11) is 4.00. The minimum atomic E-state index is -0.341. The van der Waals surface area contributed by atoms with Crippen molar-refractivity contribution in [1.29, 1.82) is 0 Å². The molecule has 0 fully saturated rings. The standard InChI is InChI=1S/C26H26ClN5O2/c1-18-4-8-20(9-5-18)25-29-26(28-16-19-6-12-22(13-7-19)31(2)3)32(30-25)24(33)17-34-23-14-10-21(27)11-15-23/h4-15H,16-17H2,1-3H3,(H,28,29,30). The minimum absolute atomic E-state index is 0.190. The Morgan fingerprint density at radius 3 is 2.32 bits per heavy atom. The molecule has 3 aromatic carbocycles. The van der Waals surface area contributed by atoms with Gasteiger partial charge in [-0.05, 0) is 48.9 Å². The van der Waals surface area contributed by atoms with E-state index in [2.05, 4.69) is 15.4 Å². The second-order valence-electron chi connectivity index (χ2n) is 8.09. The smallest absolute Gasteiger partial charge is 0.287 e. The number of benzene rings is 3. The number of aromatic nitrogens is 3. The van der Waals surface area contributed by atoms with E-state index in [1.807, 2.05) is 74.4 Å². The number of carbonyl (C=O) groups is 1. The molecule has 1 heterocycles. The van der Waals surface area contributed by atoms with Crippen molar-refractivity contribution in [3.8, 4) is 17.1 Å². The number of nitrogens with zero attached hydrogens (tertiary/aromatic N) is 4. The largest absolute Gasteiger partial charge is 0.484 e. The molecule has 0 saturated heterocycles. The normalized spacial score (nSPS) is 10.7. The first-order valence-electron chi connectivity index (χ1n) is 10.8. The molecule has 0 unspecified atom stereocenters. The van der Waals surface area contributed by atoms with Gasteiger partial charge in [0, 0.05) is 36.9 Å². The molecule has 34 heavy (non-hydrogen) atoms. The quantitative estimate of drug-likeness (QED) is 0.372. The molecule has 1 aromatic heterocycles. The van der Waals surface area contributed by atoms with E-state index < -0.39 is 0 Å². The lowest BCUT2D eigenvalue weighted by Gasteiger charge is -2.13. The lowest BCUT2D eigenvalue weighted by Crippen LogP contribution is -2.22. The van der Waals surface area contributed by atoms with Gasteiger partial charge in [-0.15, -0.1) is 5.10 Å². The highest BCUT2D eigenvalue weighted by Crippen LogP contribution is 2.20. The molecule has 0 aliphatic rings. The molecular formula is C26H26ClN5O2. The van der Waals surface area contributed by atoms with Crippen LogP contribution in [0, 0.1) is 6.92 Å². The van der Waals surface area contributed by atoms with Crippen LogP contribution in [0.5, 0.6) is 5.75 Å². The van der Waals surface area contributed by atoms with Gasteiger partial charge in [0.05, 0.1) is 0 Å². The van der Waals surface area contributed by atoms with Crippen molar-refractivity contribution < 1.29 is 9.53 Å². The number of nitrogens with one attached hydrogen (secondary N) is 1. The van der Waals surface area contributed by atoms with Gasteiger partial charge in [0.15, 0.2) is 12.4 Å². The summed E-state index contributed by atoms with van der Waals surface area (Å²) in [4.78, 5) is 19.6. The highest BCUT2D eigenvalue weighted by molar-refractivity contribution is 6.30. The molecule has 0 atom stereocenters. The Balaban J connectivity index is 1.54. The summed E-state index contributed by atoms with van der Waals surface area (Å²) >= 11 is 5.92. The van der Waals surface area contributed by atoms with Crippen LogP contribution in [0.4, 0.5) is 11.6 Å². The fourth-order valence-electron chi connectivity index (χ4n) is 3.26. The molecule has 0 spiro atoms. The zero-order valence-corrected chi connectivity index (χ0v) is 20.1. The zero-order chi connectivity index (χ0) is 24.1. The predicted molar refractivity (Wildman–Crippen MR) is 136 cm³/mol. The lowest BCUT2D eigenvalue weighted by molar-refractivity contribution is 0.0824. The average molecular weight is 476 g/mol. The van der Waals surface area contributed by atoms with Gasteiger partial charge in [0.25, 0.3) is 5.91 Å². The number of carbonyl (C=O) groups excluding carboxylic acids is 1. The third-order valence-electron chi connectivity index (χ3n) is 5.23. The van der Waals surface area contributed by atoms with Crippen LogP contribution in [0.1, 0.15) is 15.9 Å². The molecule has 4 rings (SSSR count). The van der Waals surface area contributed by atoms with Gasteiger partial charge in [0.1, 0.15) is 5.75 Å². The highest BCUT2D eigenvalue weighted by Gasteiger charge is 2.18. The first-order chi connectivity index (χ1) is 16.4. The van der Waals surface area contributed by atoms with Crippen molar-refractivity contribution in [2.75, 3.05) is 30.9 Å². The van der Waals surface area contributed by atoms with Crippen LogP contribution in [-0.4, -0.2) is 41.4 Å². The predicted octanol–water partition coefficient (Wildman–Crippen LogP) is 5.30. The molecule has 0 aliphatic carbocycles. The van der Waals surface area contributed by atoms with E-state index in [9.17, 15) is 4.79 Å². The Bertz CT molecular complexity index is 1250. The zero-order valence-electron chi connectivity index (χ0n) is 19.3. The van der Waals surface area contributed by atoms with E-state index in [1.54, 1.807) is 24.3 Å². The van der Waals surface area contributed by atoms with E-state index in [0.717, 1.165) is 22.4 Å². The number of rotatable bonds is 8. The maximum absolute atomic E-state index is 13.0. The lowest BCUT2D eigenvalue weighted by atomic mass is 10.1. The van der Waals surface area contributed by atoms with E-state index >= 15 is 0 Å². The molecule has 0 aliphatic heterocycles. The maximum atomic E-state index is 13.0. The van der Waals surface area contributed by atoms with Crippen LogP contribution in [-0.2, 0) is 6.54 Å². The van der Waals surface area contributed by atoms with E-state index in [4.69, 9.17) is 16.3 Å². The molecule has 174 valence electrons. The molecular weight excluding hydrogens is 450 g/mol. The summed E-state index contributed by atoms with van der Waals surface area (Å²) < 4.78 is 6.90. The third-order valence-corrected chi connectivity index (χ3v) is 5.48. The van der Waals surface area contributed by atoms with Crippen molar-refractivity contribution >= 4 is 29.1 Å². The molecule has 8 heteroatoms. The van der Waals surface area contributed by atoms with Crippen LogP contribution in [0.25, 0.3) is 11.4 Å². The summed E-state index contributed by atoms with van der Waals surface area (Å²) in [6.07, 6.45) is 0. The Kier molecular flexibility index (Phi) is 7.13. The second kappa shape index (κ2) is 10.4.